The number of hydrogen-bond donors (Lipinski definition) is 0. The van der Waals surface area contributed by atoms with Crippen LogP contribution in [-0.2, 0) is 37.2 Å². The Hall–Kier alpha value is -1.89. The Morgan fingerprint density at radius 1 is 1.00 bits per heavy atom. The van der Waals surface area contributed by atoms with Crippen molar-refractivity contribution in [2.24, 2.45) is 10.8 Å². The molecule has 0 spiro atoms. The molecule has 1 unspecified atom stereocenters. The van der Waals surface area contributed by atoms with E-state index in [4.69, 9.17) is 27.8 Å². The molecule has 2 atom stereocenters. The Bertz CT molecular complexity index is 1080. The Morgan fingerprint density at radius 2 is 1.60 bits per heavy atom. The van der Waals surface area contributed by atoms with Gasteiger partial charge in [0.2, 0.25) is 19.8 Å². The topological polar surface area (TPSA) is 132 Å². The zero-order chi connectivity index (χ0) is 31.6. The fourth-order valence-electron chi connectivity index (χ4n) is 3.84. The monoisotopic (exact) mass is 634 g/mol. The molecule has 0 aromatic carbocycles. The van der Waals surface area contributed by atoms with Crippen molar-refractivity contribution in [2.75, 3.05) is 40.3 Å². The lowest BCUT2D eigenvalue weighted by Gasteiger charge is -2.42. The number of unbranched alkanes of at least 4 members (excludes halogenated alkanes) is 3. The minimum atomic E-state index is -4.36. The molecule has 0 radical (unpaired) electrons. The summed E-state index contributed by atoms with van der Waals surface area (Å²) in [6.45, 7) is 14.5. The highest BCUT2D eigenvalue weighted by Crippen LogP contribution is 2.52. The predicted molar refractivity (Wildman–Crippen MR) is 159 cm³/mol. The lowest BCUT2D eigenvalue weighted by molar-refractivity contribution is -0.943. The van der Waals surface area contributed by atoms with Crippen LogP contribution >= 0.6 is 19.6 Å². The molecule has 1 aliphatic rings. The maximum atomic E-state index is 13.7. The van der Waals surface area contributed by atoms with E-state index in [2.05, 4.69) is 21.7 Å². The zero-order valence-electron chi connectivity index (χ0n) is 26.6. The van der Waals surface area contributed by atoms with Gasteiger partial charge >= 0.3 is 19.8 Å². The summed E-state index contributed by atoms with van der Waals surface area (Å²) in [6.07, 6.45) is 6.50. The van der Waals surface area contributed by atoms with Gasteiger partial charge < -0.3 is 14.2 Å². The van der Waals surface area contributed by atoms with E-state index < -0.39 is 50.4 Å². The van der Waals surface area contributed by atoms with E-state index >= 15 is 0 Å². The molecule has 0 saturated heterocycles. The van der Waals surface area contributed by atoms with Crippen molar-refractivity contribution in [1.29, 1.82) is 0 Å². The van der Waals surface area contributed by atoms with Crippen LogP contribution in [0, 0.1) is 10.8 Å². The Balaban J connectivity index is 2.12. The fraction of sp³-hybridized carbons (Fsp3) is 0.786. The van der Waals surface area contributed by atoms with Crippen LogP contribution in [0.5, 0.6) is 5.88 Å². The second-order valence-corrected chi connectivity index (χ2v) is 14.9. The summed E-state index contributed by atoms with van der Waals surface area (Å²) >= 11 is 1.10. The van der Waals surface area contributed by atoms with Crippen molar-refractivity contribution in [3.8, 4) is 5.88 Å². The molecule has 1 aromatic heterocycles. The van der Waals surface area contributed by atoms with Crippen LogP contribution in [0.4, 0.5) is 0 Å². The maximum Gasteiger partial charge on any atom is 0.485 e. The normalized spacial score (nSPS) is 18.7. The smallest absolute Gasteiger partial charge is 0.475 e. The first-order valence-electron chi connectivity index (χ1n) is 14.4. The summed E-state index contributed by atoms with van der Waals surface area (Å²) in [5, 5.41) is 0. The molecule has 2 heterocycles. The van der Waals surface area contributed by atoms with Crippen molar-refractivity contribution >= 4 is 37.1 Å². The molecule has 240 valence electrons. The number of rotatable bonds is 16. The van der Waals surface area contributed by atoms with Gasteiger partial charge in [-0.05, 0) is 48.0 Å². The first-order valence-corrected chi connectivity index (χ1v) is 16.6. The Morgan fingerprint density at radius 3 is 2.14 bits per heavy atom. The molecular formula is C28H49N3O9PS+. The van der Waals surface area contributed by atoms with Gasteiger partial charge in [-0.1, -0.05) is 32.3 Å². The molecule has 0 aliphatic carbocycles. The largest absolute Gasteiger partial charge is 0.485 e. The molecule has 2 rings (SSSR count). The van der Waals surface area contributed by atoms with E-state index in [1.54, 1.807) is 48.5 Å². The third-order valence-corrected chi connectivity index (χ3v) is 8.67. The number of carbonyl (C=O) groups excluding carboxylic acids is 2. The van der Waals surface area contributed by atoms with Crippen molar-refractivity contribution in [2.45, 2.75) is 93.7 Å². The van der Waals surface area contributed by atoms with Crippen LogP contribution in [0.15, 0.2) is 6.08 Å². The summed E-state index contributed by atoms with van der Waals surface area (Å²) in [5.74, 6) is -0.582. The highest BCUT2D eigenvalue weighted by Gasteiger charge is 2.42. The summed E-state index contributed by atoms with van der Waals surface area (Å²) in [4.78, 5) is 24.4. The number of phosphoric ester groups is 1. The van der Waals surface area contributed by atoms with Crippen LogP contribution in [0.1, 0.15) is 93.2 Å². The molecule has 1 aromatic rings. The van der Waals surface area contributed by atoms with Gasteiger partial charge in [-0.3, -0.25) is 14.1 Å². The number of phosphoric acid groups is 1. The molecule has 42 heavy (non-hydrogen) atoms. The molecule has 0 saturated carbocycles. The molecule has 12 nitrogen and oxygen atoms in total. The summed E-state index contributed by atoms with van der Waals surface area (Å²) in [5.41, 5.74) is 0.0715. The molecule has 0 amide bonds. The zero-order valence-corrected chi connectivity index (χ0v) is 28.3. The van der Waals surface area contributed by atoms with Gasteiger partial charge in [0.25, 0.3) is 5.88 Å². The van der Waals surface area contributed by atoms with Crippen LogP contribution in [-0.4, -0.2) is 71.7 Å². The second-order valence-electron chi connectivity index (χ2n) is 12.7. The second kappa shape index (κ2) is 15.7. The average molecular weight is 635 g/mol. The van der Waals surface area contributed by atoms with Gasteiger partial charge in [-0.15, -0.1) is 4.37 Å². The fourth-order valence-corrected chi connectivity index (χ4v) is 5.53. The van der Waals surface area contributed by atoms with Crippen LogP contribution in [0.3, 0.4) is 0 Å². The number of carbonyl (C=O) groups is 2. The number of nitrogens with zero attached hydrogens (tertiary/aromatic N) is 3. The first kappa shape index (κ1) is 36.3. The lowest BCUT2D eigenvalue weighted by atomic mass is 9.98. The predicted octanol–water partition coefficient (Wildman–Crippen LogP) is 6.33. The SMILES string of the molecule is CCCCCCOc1nsnc1C1=CCC[N+](C)([C@@H](C)OP(=O)(OCOC(=O)C(C)(C)C)OCOC(=O)C(C)(C)C)C1. The van der Waals surface area contributed by atoms with Crippen LogP contribution in [0.2, 0.25) is 0 Å². The maximum absolute atomic E-state index is 13.7. The van der Waals surface area contributed by atoms with E-state index in [0.29, 0.717) is 42.2 Å². The van der Waals surface area contributed by atoms with Crippen molar-refractivity contribution < 1.29 is 46.4 Å². The molecule has 1 aliphatic heterocycles. The van der Waals surface area contributed by atoms with E-state index in [1.165, 1.54) is 6.42 Å². The highest BCUT2D eigenvalue weighted by molar-refractivity contribution is 7.48. The first-order chi connectivity index (χ1) is 19.5. The highest BCUT2D eigenvalue weighted by atomic mass is 32.1. The molecule has 0 N–H and O–H groups in total. The number of aromatic nitrogens is 2. The summed E-state index contributed by atoms with van der Waals surface area (Å²) < 4.78 is 55.7. The quantitative estimate of drug-likeness (QED) is 0.0664. The number of quaternary nitrogens is 1. The van der Waals surface area contributed by atoms with E-state index in [9.17, 15) is 14.2 Å². The van der Waals surface area contributed by atoms with Crippen LogP contribution < -0.4 is 4.74 Å². The van der Waals surface area contributed by atoms with Crippen molar-refractivity contribution in [3.63, 3.8) is 0 Å². The number of hydrogen-bond acceptors (Lipinski definition) is 12. The number of esters is 2. The number of ether oxygens (including phenoxy) is 3. The number of likely N-dealkylation sites (N-methyl/N-ethyl adjacent to an activating group) is 1. The van der Waals surface area contributed by atoms with E-state index in [1.807, 2.05) is 7.05 Å². The molecule has 0 fully saturated rings. The van der Waals surface area contributed by atoms with E-state index in [0.717, 1.165) is 36.6 Å². The Kier molecular flexibility index (Phi) is 13.6. The van der Waals surface area contributed by atoms with Gasteiger partial charge in [-0.25, -0.2) is 18.1 Å². The van der Waals surface area contributed by atoms with Gasteiger partial charge in [0.05, 0.1) is 42.8 Å². The molecule has 14 heteroatoms. The van der Waals surface area contributed by atoms with Gasteiger partial charge in [0, 0.05) is 18.9 Å². The average Bonchev–Trinajstić information content (AvgIpc) is 3.36. The van der Waals surface area contributed by atoms with Crippen molar-refractivity contribution in [3.05, 3.63) is 11.8 Å². The summed E-state index contributed by atoms with van der Waals surface area (Å²) in [6, 6.07) is 0. The summed E-state index contributed by atoms with van der Waals surface area (Å²) in [7, 11) is -2.39. The minimum absolute atomic E-state index is 0.319. The van der Waals surface area contributed by atoms with E-state index in [-0.39, 0.29) is 0 Å². The third kappa shape index (κ3) is 11.3. The van der Waals surface area contributed by atoms with Gasteiger partial charge in [-0.2, -0.15) is 4.37 Å². The van der Waals surface area contributed by atoms with Gasteiger partial charge in [0.15, 0.2) is 0 Å². The van der Waals surface area contributed by atoms with Gasteiger partial charge in [0.1, 0.15) is 12.2 Å². The van der Waals surface area contributed by atoms with Crippen molar-refractivity contribution in [1.82, 2.24) is 8.75 Å². The minimum Gasteiger partial charge on any atom is -0.475 e. The Labute approximate surface area is 254 Å². The molecule has 0 bridgehead atoms. The molecular weight excluding hydrogens is 585 g/mol. The van der Waals surface area contributed by atoms with Crippen LogP contribution in [0.25, 0.3) is 5.57 Å². The lowest BCUT2D eigenvalue weighted by Crippen LogP contribution is -2.54. The standard InChI is InChI=1S/C28H49N3O9PS/c1-10-11-12-13-17-35-24-23(29-42-30-24)22-15-14-16-31(9,18-22)21(2)40-41(34,38-19-36-25(32)27(3,4)5)39-20-37-26(33)28(6,7)8/h15,21H,10-14,16-20H2,1-9H3/q+1/t21-,31?/m1/s1. The third-order valence-electron chi connectivity index (χ3n) is 6.75.